The van der Waals surface area contributed by atoms with Crippen molar-refractivity contribution in [1.82, 2.24) is 25.4 Å². The number of guanidine groups is 1. The number of nitrogens with one attached hydrogen (secondary N) is 2. The van der Waals surface area contributed by atoms with Crippen molar-refractivity contribution in [2.24, 2.45) is 4.99 Å². The van der Waals surface area contributed by atoms with Crippen LogP contribution in [0.15, 0.2) is 4.99 Å². The van der Waals surface area contributed by atoms with Gasteiger partial charge in [0.25, 0.3) is 0 Å². The van der Waals surface area contributed by atoms with Crippen molar-refractivity contribution < 1.29 is 0 Å². The van der Waals surface area contributed by atoms with Gasteiger partial charge in [-0.2, -0.15) is 0 Å². The highest BCUT2D eigenvalue weighted by Gasteiger charge is 2.22. The molecule has 24 heavy (non-hydrogen) atoms. The highest BCUT2D eigenvalue weighted by molar-refractivity contribution is 14.0. The van der Waals surface area contributed by atoms with Gasteiger partial charge in [-0.15, -0.1) is 35.3 Å². The molecular weight excluding hydrogens is 435 g/mol. The second-order valence-electron chi connectivity index (χ2n) is 6.21. The Hall–Kier alpha value is -0.450. The first-order chi connectivity index (χ1) is 11.0. The monoisotopic (exact) mass is 466 g/mol. The number of piperazine rings is 1. The second-order valence-corrected chi connectivity index (χ2v) is 7.50. The van der Waals surface area contributed by atoms with Crippen LogP contribution in [-0.4, -0.2) is 73.6 Å². The number of nitrogens with zero attached hydrogens (tertiary/aromatic N) is 4. The van der Waals surface area contributed by atoms with Gasteiger partial charge in [0, 0.05) is 43.6 Å². The van der Waals surface area contributed by atoms with Gasteiger partial charge in [-0.25, -0.2) is 9.98 Å². The zero-order chi connectivity index (χ0) is 16.8. The van der Waals surface area contributed by atoms with Gasteiger partial charge >= 0.3 is 0 Å². The summed E-state index contributed by atoms with van der Waals surface area (Å²) in [4.78, 5) is 15.2. The van der Waals surface area contributed by atoms with E-state index in [9.17, 15) is 0 Å². The van der Waals surface area contributed by atoms with Gasteiger partial charge in [-0.3, -0.25) is 4.90 Å². The van der Waals surface area contributed by atoms with Crippen LogP contribution in [0.4, 0.5) is 0 Å². The Bertz CT molecular complexity index is 533. The first-order valence-electron chi connectivity index (χ1n) is 8.33. The standard InChI is InChI=1S/C16H30N6S.HI/c1-6-17-16(19-10-15-12(2)20-13(3)23-15)18-9-14-11-21(4)7-8-22(14)5;/h14H,6-11H2,1-5H3,(H2,17,18,19);1H. The Balaban J connectivity index is 0.00000288. The van der Waals surface area contributed by atoms with Crippen LogP contribution in [0.1, 0.15) is 22.5 Å². The SMILES string of the molecule is CCNC(=NCc1sc(C)nc1C)NCC1CN(C)CCN1C.I. The number of halogens is 1. The topological polar surface area (TPSA) is 55.8 Å². The molecule has 8 heteroatoms. The third-order valence-electron chi connectivity index (χ3n) is 4.21. The highest BCUT2D eigenvalue weighted by atomic mass is 127. The minimum atomic E-state index is 0. The van der Waals surface area contributed by atoms with Crippen LogP contribution in [0.2, 0.25) is 0 Å². The molecule has 0 aromatic carbocycles. The van der Waals surface area contributed by atoms with E-state index in [1.54, 1.807) is 11.3 Å². The Kier molecular flexibility index (Phi) is 9.47. The van der Waals surface area contributed by atoms with E-state index in [4.69, 9.17) is 4.99 Å². The normalized spacial score (nSPS) is 19.9. The smallest absolute Gasteiger partial charge is 0.191 e. The molecule has 2 rings (SSSR count). The fourth-order valence-corrected chi connectivity index (χ4v) is 3.61. The van der Waals surface area contributed by atoms with E-state index in [-0.39, 0.29) is 24.0 Å². The van der Waals surface area contributed by atoms with Gasteiger partial charge in [0.15, 0.2) is 5.96 Å². The van der Waals surface area contributed by atoms with Crippen molar-refractivity contribution in [2.45, 2.75) is 33.4 Å². The molecule has 2 heterocycles. The Morgan fingerprint density at radius 2 is 2.04 bits per heavy atom. The quantitative estimate of drug-likeness (QED) is 0.393. The van der Waals surface area contributed by atoms with Gasteiger partial charge in [-0.1, -0.05) is 0 Å². The molecular formula is C16H31IN6S. The van der Waals surface area contributed by atoms with Crippen LogP contribution < -0.4 is 10.6 Å². The molecule has 1 unspecified atom stereocenters. The molecule has 138 valence electrons. The maximum absolute atomic E-state index is 4.72. The summed E-state index contributed by atoms with van der Waals surface area (Å²) < 4.78 is 0. The fourth-order valence-electron chi connectivity index (χ4n) is 2.75. The lowest BCUT2D eigenvalue weighted by Crippen LogP contribution is -2.55. The molecule has 0 bridgehead atoms. The largest absolute Gasteiger partial charge is 0.357 e. The lowest BCUT2D eigenvalue weighted by atomic mass is 10.2. The zero-order valence-corrected chi connectivity index (χ0v) is 18.6. The highest BCUT2D eigenvalue weighted by Crippen LogP contribution is 2.17. The van der Waals surface area contributed by atoms with Gasteiger partial charge in [0.1, 0.15) is 0 Å². The number of rotatable bonds is 5. The van der Waals surface area contributed by atoms with Crippen molar-refractivity contribution in [3.8, 4) is 0 Å². The van der Waals surface area contributed by atoms with Gasteiger partial charge in [-0.05, 0) is 34.9 Å². The molecule has 2 N–H and O–H groups in total. The number of aryl methyl sites for hydroxylation is 2. The molecule has 0 amide bonds. The summed E-state index contributed by atoms with van der Waals surface area (Å²) in [6.45, 7) is 12.0. The Morgan fingerprint density at radius 1 is 1.29 bits per heavy atom. The molecule has 0 saturated carbocycles. The number of hydrogen-bond donors (Lipinski definition) is 2. The number of aromatic nitrogens is 1. The van der Waals surface area contributed by atoms with Crippen LogP contribution in [0, 0.1) is 13.8 Å². The Morgan fingerprint density at radius 3 is 2.67 bits per heavy atom. The minimum Gasteiger partial charge on any atom is -0.357 e. The van der Waals surface area contributed by atoms with Crippen molar-refractivity contribution in [3.05, 3.63) is 15.6 Å². The summed E-state index contributed by atoms with van der Waals surface area (Å²) in [5, 5.41) is 7.94. The maximum atomic E-state index is 4.72. The molecule has 0 radical (unpaired) electrons. The average Bonchev–Trinajstić information content (AvgIpc) is 2.83. The lowest BCUT2D eigenvalue weighted by molar-refractivity contribution is 0.116. The molecule has 1 saturated heterocycles. The molecule has 0 aliphatic carbocycles. The number of hydrogen-bond acceptors (Lipinski definition) is 5. The van der Waals surface area contributed by atoms with Crippen molar-refractivity contribution in [3.63, 3.8) is 0 Å². The maximum Gasteiger partial charge on any atom is 0.191 e. The predicted octanol–water partition coefficient (Wildman–Crippen LogP) is 1.68. The zero-order valence-electron chi connectivity index (χ0n) is 15.4. The fraction of sp³-hybridized carbons (Fsp3) is 0.750. The molecule has 1 atom stereocenters. The summed E-state index contributed by atoms with van der Waals surface area (Å²) in [6, 6.07) is 0.519. The molecule has 1 fully saturated rings. The molecule has 1 aliphatic rings. The Labute approximate surface area is 167 Å². The molecule has 6 nitrogen and oxygen atoms in total. The van der Waals surface area contributed by atoms with E-state index in [1.165, 1.54) is 4.88 Å². The number of thiazole rings is 1. The summed E-state index contributed by atoms with van der Waals surface area (Å²) in [7, 11) is 4.39. The first kappa shape index (κ1) is 21.6. The van der Waals surface area contributed by atoms with E-state index in [2.05, 4.69) is 53.4 Å². The van der Waals surface area contributed by atoms with Gasteiger partial charge in [0.05, 0.1) is 17.2 Å². The summed E-state index contributed by atoms with van der Waals surface area (Å²) >= 11 is 1.73. The van der Waals surface area contributed by atoms with Crippen molar-refractivity contribution in [2.75, 3.05) is 46.8 Å². The summed E-state index contributed by atoms with van der Waals surface area (Å²) in [5.41, 5.74) is 1.10. The summed E-state index contributed by atoms with van der Waals surface area (Å²) in [5.74, 6) is 0.888. The minimum absolute atomic E-state index is 0. The van der Waals surface area contributed by atoms with Crippen LogP contribution in [0.25, 0.3) is 0 Å². The van der Waals surface area contributed by atoms with Crippen molar-refractivity contribution >= 4 is 41.3 Å². The van der Waals surface area contributed by atoms with E-state index < -0.39 is 0 Å². The van der Waals surface area contributed by atoms with Gasteiger partial charge in [0.2, 0.25) is 0 Å². The molecule has 0 spiro atoms. The van der Waals surface area contributed by atoms with E-state index in [0.717, 1.165) is 49.4 Å². The molecule has 1 aromatic heterocycles. The number of likely N-dealkylation sites (N-methyl/N-ethyl adjacent to an activating group) is 2. The van der Waals surface area contributed by atoms with Crippen LogP contribution in [0.5, 0.6) is 0 Å². The van der Waals surface area contributed by atoms with E-state index >= 15 is 0 Å². The van der Waals surface area contributed by atoms with E-state index in [0.29, 0.717) is 12.6 Å². The average molecular weight is 466 g/mol. The lowest BCUT2D eigenvalue weighted by Gasteiger charge is -2.37. The second kappa shape index (κ2) is 10.5. The third-order valence-corrected chi connectivity index (χ3v) is 5.27. The third kappa shape index (κ3) is 6.45. The van der Waals surface area contributed by atoms with E-state index in [1.807, 2.05) is 6.92 Å². The molecule has 1 aliphatic heterocycles. The van der Waals surface area contributed by atoms with Crippen LogP contribution in [0.3, 0.4) is 0 Å². The van der Waals surface area contributed by atoms with Gasteiger partial charge < -0.3 is 15.5 Å². The predicted molar refractivity (Wildman–Crippen MR) is 114 cm³/mol. The first-order valence-corrected chi connectivity index (χ1v) is 9.15. The van der Waals surface area contributed by atoms with Crippen LogP contribution in [-0.2, 0) is 6.54 Å². The molecule has 1 aromatic rings. The van der Waals surface area contributed by atoms with Crippen LogP contribution >= 0.6 is 35.3 Å². The number of aliphatic imine (C=N–C) groups is 1. The summed E-state index contributed by atoms with van der Waals surface area (Å²) in [6.07, 6.45) is 0. The van der Waals surface area contributed by atoms with Crippen molar-refractivity contribution in [1.29, 1.82) is 0 Å².